The fraction of sp³-hybridized carbons (Fsp3) is 0.333. The summed E-state index contributed by atoms with van der Waals surface area (Å²) in [6.45, 7) is 2.15. The van der Waals surface area contributed by atoms with Crippen LogP contribution in [0.5, 0.6) is 0 Å². The number of rotatable bonds is 3. The molecule has 4 heteroatoms. The van der Waals surface area contributed by atoms with Gasteiger partial charge in [-0.05, 0) is 40.1 Å². The van der Waals surface area contributed by atoms with Gasteiger partial charge in [-0.1, -0.05) is 22.9 Å². The Hall–Kier alpha value is 0.750. The van der Waals surface area contributed by atoms with Crippen LogP contribution in [0.1, 0.15) is 18.2 Å². The Labute approximate surface area is 104 Å². The largest absolute Gasteiger partial charge is 0.142 e. The summed E-state index contributed by atoms with van der Waals surface area (Å²) in [5.41, 5.74) is 0. The molecule has 0 nitrogen and oxygen atoms in total. The number of hydrogen-bond acceptors (Lipinski definition) is 2. The first-order chi connectivity index (χ1) is 6.20. The van der Waals surface area contributed by atoms with Gasteiger partial charge in [-0.15, -0.1) is 23.1 Å². The first kappa shape index (κ1) is 11.8. The quantitative estimate of drug-likeness (QED) is 0.714. The van der Waals surface area contributed by atoms with Crippen molar-refractivity contribution in [2.75, 3.05) is 6.26 Å². The summed E-state index contributed by atoms with van der Waals surface area (Å²) >= 11 is 10.7. The van der Waals surface area contributed by atoms with Gasteiger partial charge in [0, 0.05) is 13.9 Å². The predicted molar refractivity (Wildman–Crippen MR) is 71.7 cm³/mol. The van der Waals surface area contributed by atoms with Crippen LogP contribution >= 0.6 is 55.0 Å². The highest BCUT2D eigenvalue weighted by Crippen LogP contribution is 2.40. The zero-order valence-corrected chi connectivity index (χ0v) is 12.2. The van der Waals surface area contributed by atoms with Crippen molar-refractivity contribution in [3.05, 3.63) is 25.3 Å². The summed E-state index contributed by atoms with van der Waals surface area (Å²) < 4.78 is 2.47. The lowest BCUT2D eigenvalue weighted by Gasteiger charge is -2.05. The lowest BCUT2D eigenvalue weighted by Crippen LogP contribution is -1.78. The molecule has 1 aromatic heterocycles. The van der Waals surface area contributed by atoms with Crippen LogP contribution in [-0.2, 0) is 0 Å². The fourth-order valence-electron chi connectivity index (χ4n) is 0.943. The van der Waals surface area contributed by atoms with Gasteiger partial charge in [0.05, 0.1) is 4.88 Å². The number of thiophene rings is 1. The van der Waals surface area contributed by atoms with Crippen LogP contribution in [0.25, 0.3) is 4.91 Å². The van der Waals surface area contributed by atoms with E-state index in [4.69, 9.17) is 0 Å². The summed E-state index contributed by atoms with van der Waals surface area (Å²) in [6, 6.07) is 2.09. The topological polar surface area (TPSA) is 0 Å². The van der Waals surface area contributed by atoms with E-state index < -0.39 is 0 Å². The molecule has 0 N–H and O–H groups in total. The number of hydrogen-bond donors (Lipinski definition) is 0. The van der Waals surface area contributed by atoms with Crippen molar-refractivity contribution in [2.24, 2.45) is 0 Å². The molecule has 0 saturated carbocycles. The zero-order valence-electron chi connectivity index (χ0n) is 7.43. The third-order valence-corrected chi connectivity index (χ3v) is 5.65. The molecule has 0 saturated heterocycles. The van der Waals surface area contributed by atoms with Gasteiger partial charge in [0.15, 0.2) is 0 Å². The number of thioether (sulfide) groups is 1. The highest BCUT2D eigenvalue weighted by atomic mass is 79.9. The fourth-order valence-corrected chi connectivity index (χ4v) is 4.48. The molecule has 0 aliphatic heterocycles. The van der Waals surface area contributed by atoms with Crippen molar-refractivity contribution in [3.63, 3.8) is 0 Å². The molecular formula is C9H10Br2S2. The molecule has 1 rings (SSSR count). The van der Waals surface area contributed by atoms with Gasteiger partial charge in [0.25, 0.3) is 0 Å². The van der Waals surface area contributed by atoms with E-state index in [1.807, 2.05) is 0 Å². The first-order valence-corrected chi connectivity index (χ1v) is 7.55. The monoisotopic (exact) mass is 340 g/mol. The lowest BCUT2D eigenvalue weighted by molar-refractivity contribution is 1.22. The molecule has 0 unspecified atom stereocenters. The van der Waals surface area contributed by atoms with Gasteiger partial charge in [-0.25, -0.2) is 0 Å². The minimum absolute atomic E-state index is 1.04. The van der Waals surface area contributed by atoms with E-state index in [0.717, 1.165) is 6.42 Å². The van der Waals surface area contributed by atoms with E-state index in [1.54, 1.807) is 23.1 Å². The molecule has 0 radical (unpaired) electrons. The van der Waals surface area contributed by atoms with Crippen LogP contribution in [0, 0.1) is 0 Å². The molecule has 13 heavy (non-hydrogen) atoms. The second-order valence-corrected chi connectivity index (χ2v) is 5.93. The summed E-state index contributed by atoms with van der Waals surface area (Å²) in [4.78, 5) is 2.66. The molecule has 72 valence electrons. The van der Waals surface area contributed by atoms with Gasteiger partial charge in [-0.2, -0.15) is 0 Å². The van der Waals surface area contributed by atoms with Crippen molar-refractivity contribution in [1.29, 1.82) is 0 Å². The Morgan fingerprint density at radius 2 is 2.31 bits per heavy atom. The minimum Gasteiger partial charge on any atom is -0.142 e. The predicted octanol–water partition coefficient (Wildman–Crippen LogP) is 5.35. The van der Waals surface area contributed by atoms with Gasteiger partial charge >= 0.3 is 0 Å². The molecule has 0 bridgehead atoms. The van der Waals surface area contributed by atoms with Crippen LogP contribution in [-0.4, -0.2) is 6.26 Å². The highest BCUT2D eigenvalue weighted by molar-refractivity contribution is 9.12. The zero-order chi connectivity index (χ0) is 9.84. The first-order valence-electron chi connectivity index (χ1n) is 3.86. The summed E-state index contributed by atoms with van der Waals surface area (Å²) in [5, 5.41) is 2.10. The molecule has 1 aromatic rings. The van der Waals surface area contributed by atoms with Crippen LogP contribution in [0.4, 0.5) is 0 Å². The van der Waals surface area contributed by atoms with Crippen molar-refractivity contribution >= 4 is 59.9 Å². The Balaban J connectivity index is 3.11. The Bertz CT molecular complexity index is 315. The molecule has 0 amide bonds. The second-order valence-electron chi connectivity index (χ2n) is 2.39. The lowest BCUT2D eigenvalue weighted by atomic mass is 10.3. The molecule has 0 aromatic carbocycles. The number of halogens is 2. The van der Waals surface area contributed by atoms with Gasteiger partial charge in [0.2, 0.25) is 0 Å². The van der Waals surface area contributed by atoms with E-state index in [-0.39, 0.29) is 0 Å². The van der Waals surface area contributed by atoms with E-state index in [2.05, 4.69) is 56.5 Å². The third kappa shape index (κ3) is 2.85. The van der Waals surface area contributed by atoms with Crippen LogP contribution < -0.4 is 0 Å². The summed E-state index contributed by atoms with van der Waals surface area (Å²) in [7, 11) is 0. The standard InChI is InChI=1S/C9H10Br2S2/c1-3-6(10)8(12-2)9-7(11)4-5-13-9/h4-5H,3H2,1-2H3/b8-6+. The maximum Gasteiger partial charge on any atom is 0.0556 e. The minimum atomic E-state index is 1.04. The molecule has 0 atom stereocenters. The van der Waals surface area contributed by atoms with Gasteiger partial charge < -0.3 is 0 Å². The van der Waals surface area contributed by atoms with Crippen molar-refractivity contribution < 1.29 is 0 Å². The molecule has 0 spiro atoms. The maximum atomic E-state index is 3.60. The van der Waals surface area contributed by atoms with Crippen LogP contribution in [0.15, 0.2) is 20.4 Å². The SMILES string of the molecule is CC/C(Br)=C(\SC)c1sccc1Br. The molecule has 1 heterocycles. The van der Waals surface area contributed by atoms with Crippen molar-refractivity contribution in [2.45, 2.75) is 13.3 Å². The molecule has 0 fully saturated rings. The smallest absolute Gasteiger partial charge is 0.0556 e. The maximum absolute atomic E-state index is 3.60. The normalized spacial score (nSPS) is 12.9. The average Bonchev–Trinajstić information content (AvgIpc) is 2.53. The van der Waals surface area contributed by atoms with E-state index in [1.165, 1.54) is 18.7 Å². The van der Waals surface area contributed by atoms with Crippen molar-refractivity contribution in [3.8, 4) is 0 Å². The number of allylic oxidation sites excluding steroid dienone is 1. The van der Waals surface area contributed by atoms with E-state index in [0.29, 0.717) is 0 Å². The van der Waals surface area contributed by atoms with Crippen LogP contribution in [0.3, 0.4) is 0 Å². The molecular weight excluding hydrogens is 332 g/mol. The highest BCUT2D eigenvalue weighted by Gasteiger charge is 2.09. The third-order valence-electron chi connectivity index (χ3n) is 1.58. The molecule has 0 aliphatic carbocycles. The van der Waals surface area contributed by atoms with E-state index in [9.17, 15) is 0 Å². The average molecular weight is 342 g/mol. The second kappa shape index (κ2) is 5.59. The Morgan fingerprint density at radius 1 is 1.62 bits per heavy atom. The van der Waals surface area contributed by atoms with Crippen molar-refractivity contribution in [1.82, 2.24) is 0 Å². The Kier molecular flexibility index (Phi) is 5.08. The molecule has 0 aliphatic rings. The summed E-state index contributed by atoms with van der Waals surface area (Å²) in [5.74, 6) is 0. The summed E-state index contributed by atoms with van der Waals surface area (Å²) in [6.07, 6.45) is 3.15. The Morgan fingerprint density at radius 3 is 2.69 bits per heavy atom. The van der Waals surface area contributed by atoms with Gasteiger partial charge in [0.1, 0.15) is 0 Å². The van der Waals surface area contributed by atoms with Crippen LogP contribution in [0.2, 0.25) is 0 Å². The van der Waals surface area contributed by atoms with Gasteiger partial charge in [-0.3, -0.25) is 0 Å². The van der Waals surface area contributed by atoms with E-state index >= 15 is 0 Å².